The van der Waals surface area contributed by atoms with Crippen molar-refractivity contribution in [2.45, 2.75) is 13.3 Å². The fourth-order valence-corrected chi connectivity index (χ4v) is 4.30. The van der Waals surface area contributed by atoms with E-state index in [1.165, 1.54) is 24.5 Å². The van der Waals surface area contributed by atoms with E-state index in [-0.39, 0.29) is 5.57 Å². The summed E-state index contributed by atoms with van der Waals surface area (Å²) in [6.07, 6.45) is 2.09. The Morgan fingerprint density at radius 1 is 1.00 bits per heavy atom. The van der Waals surface area contributed by atoms with Crippen molar-refractivity contribution in [3.63, 3.8) is 0 Å². The predicted octanol–water partition coefficient (Wildman–Crippen LogP) is 5.45. The number of aryl methyl sites for hydroxylation is 1. The van der Waals surface area contributed by atoms with Gasteiger partial charge in [-0.25, -0.2) is 0 Å². The lowest BCUT2D eigenvalue weighted by Crippen LogP contribution is -2.13. The zero-order chi connectivity index (χ0) is 26.7. The molecule has 0 unspecified atom stereocenters. The molecule has 8 nitrogen and oxygen atoms in total. The quantitative estimate of drug-likeness (QED) is 0.157. The molecule has 0 aliphatic carbocycles. The van der Waals surface area contributed by atoms with Crippen LogP contribution in [0.5, 0.6) is 17.2 Å². The lowest BCUT2D eigenvalue weighted by atomic mass is 10.1. The van der Waals surface area contributed by atoms with Gasteiger partial charge in [-0.2, -0.15) is 5.26 Å². The van der Waals surface area contributed by atoms with Crippen LogP contribution >= 0.6 is 11.3 Å². The second-order valence-corrected chi connectivity index (χ2v) is 9.27. The number of amides is 1. The molecule has 0 bridgehead atoms. The fourth-order valence-electron chi connectivity index (χ4n) is 3.54. The molecular formula is C29H26N4O4S. The van der Waals surface area contributed by atoms with Gasteiger partial charge in [0.25, 0.3) is 5.91 Å². The minimum atomic E-state index is -0.567. The van der Waals surface area contributed by atoms with E-state index in [1.807, 2.05) is 67.6 Å². The van der Waals surface area contributed by atoms with E-state index in [1.54, 1.807) is 18.2 Å². The zero-order valence-electron chi connectivity index (χ0n) is 21.0. The van der Waals surface area contributed by atoms with Crippen LogP contribution < -0.4 is 19.5 Å². The first-order chi connectivity index (χ1) is 18.5. The molecule has 1 heterocycles. The highest BCUT2D eigenvalue weighted by molar-refractivity contribution is 7.15. The van der Waals surface area contributed by atoms with E-state index in [0.717, 1.165) is 21.9 Å². The van der Waals surface area contributed by atoms with Gasteiger partial charge in [0, 0.05) is 6.42 Å². The molecule has 4 rings (SSSR count). The van der Waals surface area contributed by atoms with Gasteiger partial charge < -0.3 is 14.2 Å². The van der Waals surface area contributed by atoms with E-state index >= 15 is 0 Å². The number of methoxy groups -OCH3 is 1. The molecule has 0 aliphatic rings. The molecule has 38 heavy (non-hydrogen) atoms. The van der Waals surface area contributed by atoms with Crippen LogP contribution in [0, 0.1) is 18.3 Å². The Morgan fingerprint density at radius 2 is 1.82 bits per heavy atom. The van der Waals surface area contributed by atoms with Crippen molar-refractivity contribution >= 4 is 28.5 Å². The number of ether oxygens (including phenoxy) is 3. The maximum absolute atomic E-state index is 12.7. The van der Waals surface area contributed by atoms with Crippen molar-refractivity contribution in [3.8, 4) is 23.3 Å². The molecule has 0 saturated carbocycles. The maximum Gasteiger partial charge on any atom is 0.268 e. The highest BCUT2D eigenvalue weighted by Crippen LogP contribution is 2.29. The normalized spacial score (nSPS) is 10.9. The number of aromatic nitrogens is 2. The molecule has 0 radical (unpaired) electrons. The SMILES string of the molecule is COc1cc(C=C(C#N)C(=O)Nc2nnc(Cc3ccccc3)s2)ccc1OCCOc1cccc(C)c1. The number of nitrogens with one attached hydrogen (secondary N) is 1. The van der Waals surface area contributed by atoms with Crippen LogP contribution in [-0.2, 0) is 11.2 Å². The monoisotopic (exact) mass is 526 g/mol. The summed E-state index contributed by atoms with van der Waals surface area (Å²) in [6.45, 7) is 2.69. The number of rotatable bonds is 11. The zero-order valence-corrected chi connectivity index (χ0v) is 21.8. The number of benzene rings is 3. The second-order valence-electron chi connectivity index (χ2n) is 8.21. The standard InChI is InChI=1S/C29H26N4O4S/c1-20-7-6-10-24(15-20)36-13-14-37-25-12-11-22(17-26(25)35-2)16-23(19-30)28(34)31-29-33-32-27(38-29)18-21-8-4-3-5-9-21/h3-12,15-17H,13-14,18H2,1-2H3,(H,31,33,34). The Balaban J connectivity index is 1.35. The smallest absolute Gasteiger partial charge is 0.268 e. The number of carbonyl (C=O) groups excluding carboxylic acids is 1. The molecule has 0 fully saturated rings. The molecule has 192 valence electrons. The predicted molar refractivity (Wildman–Crippen MR) is 147 cm³/mol. The van der Waals surface area contributed by atoms with Crippen LogP contribution in [0.4, 0.5) is 5.13 Å². The molecule has 1 aromatic heterocycles. The van der Waals surface area contributed by atoms with E-state index in [0.29, 0.717) is 41.8 Å². The number of carbonyl (C=O) groups is 1. The van der Waals surface area contributed by atoms with Crippen LogP contribution in [0.2, 0.25) is 0 Å². The minimum absolute atomic E-state index is 0.0768. The van der Waals surface area contributed by atoms with Crippen molar-refractivity contribution < 1.29 is 19.0 Å². The molecule has 1 amide bonds. The van der Waals surface area contributed by atoms with Crippen LogP contribution in [0.25, 0.3) is 6.08 Å². The molecule has 0 atom stereocenters. The molecule has 3 aromatic carbocycles. The summed E-state index contributed by atoms with van der Waals surface area (Å²) in [6, 6.07) is 24.8. The van der Waals surface area contributed by atoms with Gasteiger partial charge in [0.15, 0.2) is 11.5 Å². The summed E-state index contributed by atoms with van der Waals surface area (Å²) in [5.41, 5.74) is 2.75. The summed E-state index contributed by atoms with van der Waals surface area (Å²) in [5.74, 6) is 1.22. The van der Waals surface area contributed by atoms with Gasteiger partial charge in [0.05, 0.1) is 7.11 Å². The largest absolute Gasteiger partial charge is 0.493 e. The third-order valence-corrected chi connectivity index (χ3v) is 6.19. The highest BCUT2D eigenvalue weighted by atomic mass is 32.1. The van der Waals surface area contributed by atoms with Gasteiger partial charge in [-0.3, -0.25) is 10.1 Å². The van der Waals surface area contributed by atoms with Crippen molar-refractivity contribution in [1.29, 1.82) is 5.26 Å². The fraction of sp³-hybridized carbons (Fsp3) is 0.172. The third-order valence-electron chi connectivity index (χ3n) is 5.35. The number of anilines is 1. The van der Waals surface area contributed by atoms with E-state index in [2.05, 4.69) is 15.5 Å². The first kappa shape index (κ1) is 26.4. The third kappa shape index (κ3) is 7.41. The van der Waals surface area contributed by atoms with Crippen LogP contribution in [0.3, 0.4) is 0 Å². The average Bonchev–Trinajstić information content (AvgIpc) is 3.37. The Bertz CT molecular complexity index is 1460. The van der Waals surface area contributed by atoms with Gasteiger partial charge in [0.2, 0.25) is 5.13 Å². The lowest BCUT2D eigenvalue weighted by Gasteiger charge is -2.12. The summed E-state index contributed by atoms with van der Waals surface area (Å²) in [7, 11) is 1.53. The number of hydrogen-bond donors (Lipinski definition) is 1. The van der Waals surface area contributed by atoms with E-state index in [9.17, 15) is 10.1 Å². The number of nitriles is 1. The van der Waals surface area contributed by atoms with Crippen molar-refractivity contribution in [2.75, 3.05) is 25.6 Å². The van der Waals surface area contributed by atoms with E-state index < -0.39 is 5.91 Å². The van der Waals surface area contributed by atoms with Gasteiger partial charge in [-0.1, -0.05) is 59.9 Å². The van der Waals surface area contributed by atoms with Crippen molar-refractivity contribution in [1.82, 2.24) is 10.2 Å². The maximum atomic E-state index is 12.7. The van der Waals surface area contributed by atoms with Crippen LogP contribution in [0.1, 0.15) is 21.7 Å². The van der Waals surface area contributed by atoms with Crippen molar-refractivity contribution in [3.05, 3.63) is 100 Å². The topological polar surface area (TPSA) is 106 Å². The first-order valence-corrected chi connectivity index (χ1v) is 12.7. The van der Waals surface area contributed by atoms with Crippen molar-refractivity contribution in [2.24, 2.45) is 0 Å². The summed E-state index contributed by atoms with van der Waals surface area (Å²) < 4.78 is 17.0. The van der Waals surface area contributed by atoms with Crippen LogP contribution in [0.15, 0.2) is 78.4 Å². The Hall–Kier alpha value is -4.68. The summed E-state index contributed by atoms with van der Waals surface area (Å²) >= 11 is 1.27. The first-order valence-electron chi connectivity index (χ1n) is 11.8. The van der Waals surface area contributed by atoms with E-state index in [4.69, 9.17) is 14.2 Å². The Labute approximate surface area is 225 Å². The molecule has 9 heteroatoms. The molecule has 0 saturated heterocycles. The molecular weight excluding hydrogens is 500 g/mol. The Kier molecular flexibility index (Phi) is 9.05. The number of nitrogens with zero attached hydrogens (tertiary/aromatic N) is 3. The molecule has 4 aromatic rings. The van der Waals surface area contributed by atoms with Gasteiger partial charge in [-0.05, 0) is 54.0 Å². The van der Waals surface area contributed by atoms with Crippen LogP contribution in [-0.4, -0.2) is 36.4 Å². The van der Waals surface area contributed by atoms with Gasteiger partial charge in [0.1, 0.15) is 35.6 Å². The van der Waals surface area contributed by atoms with Gasteiger partial charge in [-0.15, -0.1) is 10.2 Å². The Morgan fingerprint density at radius 3 is 2.58 bits per heavy atom. The molecule has 1 N–H and O–H groups in total. The van der Waals surface area contributed by atoms with Gasteiger partial charge >= 0.3 is 0 Å². The second kappa shape index (κ2) is 13.0. The number of hydrogen-bond acceptors (Lipinski definition) is 8. The molecule has 0 spiro atoms. The minimum Gasteiger partial charge on any atom is -0.493 e. The highest BCUT2D eigenvalue weighted by Gasteiger charge is 2.14. The lowest BCUT2D eigenvalue weighted by molar-refractivity contribution is -0.112. The molecule has 0 aliphatic heterocycles. The summed E-state index contributed by atoms with van der Waals surface area (Å²) in [4.78, 5) is 12.7. The average molecular weight is 527 g/mol. The summed E-state index contributed by atoms with van der Waals surface area (Å²) in [5, 5.41) is 21.5.